The topological polar surface area (TPSA) is 47.0 Å². The average molecular weight is 295 g/mol. The Labute approximate surface area is 126 Å². The number of ether oxygens (including phenoxy) is 1. The molecule has 0 bridgehead atoms. The van der Waals surface area contributed by atoms with Gasteiger partial charge in [0.1, 0.15) is 5.82 Å². The molecule has 0 unspecified atom stereocenters. The van der Waals surface area contributed by atoms with Crippen molar-refractivity contribution < 1.29 is 4.74 Å². The first kappa shape index (κ1) is 15.4. The van der Waals surface area contributed by atoms with E-state index in [1.807, 2.05) is 12.3 Å². The summed E-state index contributed by atoms with van der Waals surface area (Å²) in [5.41, 5.74) is 0. The molecule has 1 aromatic heterocycles. The summed E-state index contributed by atoms with van der Waals surface area (Å²) in [6.45, 7) is 3.86. The first-order valence-electron chi connectivity index (χ1n) is 7.61. The fourth-order valence-electron chi connectivity index (χ4n) is 2.47. The van der Waals surface area contributed by atoms with Gasteiger partial charge < -0.3 is 10.1 Å². The fourth-order valence-corrected chi connectivity index (χ4v) is 2.84. The minimum absolute atomic E-state index is 0.698. The van der Waals surface area contributed by atoms with Gasteiger partial charge in [-0.2, -0.15) is 4.98 Å². The maximum atomic E-state index is 5.90. The van der Waals surface area contributed by atoms with Gasteiger partial charge in [-0.15, -0.1) is 0 Å². The summed E-state index contributed by atoms with van der Waals surface area (Å²) in [7, 11) is 0. The van der Waals surface area contributed by atoms with Crippen LogP contribution in [-0.2, 0) is 0 Å². The summed E-state index contributed by atoms with van der Waals surface area (Å²) in [4.78, 5) is 8.88. The lowest BCUT2D eigenvalue weighted by atomic mass is 9.90. The molecule has 1 saturated carbocycles. The number of nitrogens with one attached hydrogen (secondary N) is 1. The molecule has 0 atom stereocenters. The Balaban J connectivity index is 1.94. The molecule has 1 aliphatic rings. The van der Waals surface area contributed by atoms with Gasteiger partial charge in [0.25, 0.3) is 0 Å². The Morgan fingerprint density at radius 2 is 2.10 bits per heavy atom. The van der Waals surface area contributed by atoms with Crippen molar-refractivity contribution in [1.29, 1.82) is 0 Å². The lowest BCUT2D eigenvalue weighted by Gasteiger charge is -2.21. The van der Waals surface area contributed by atoms with E-state index in [9.17, 15) is 0 Å². The van der Waals surface area contributed by atoms with Crippen LogP contribution in [0.5, 0.6) is 5.88 Å². The second kappa shape index (κ2) is 8.35. The van der Waals surface area contributed by atoms with E-state index in [1.165, 1.54) is 32.1 Å². The zero-order valence-electron chi connectivity index (χ0n) is 12.5. The van der Waals surface area contributed by atoms with E-state index in [0.717, 1.165) is 30.5 Å². The number of nitrogens with zero attached hydrogens (tertiary/aromatic N) is 2. The van der Waals surface area contributed by atoms with Crippen LogP contribution in [0.1, 0.15) is 45.4 Å². The molecular weight excluding hydrogens is 270 g/mol. The smallest absolute Gasteiger partial charge is 0.219 e. The number of thioether (sulfide) groups is 1. The summed E-state index contributed by atoms with van der Waals surface area (Å²) in [6.07, 6.45) is 9.73. The predicted molar refractivity (Wildman–Crippen MR) is 84.7 cm³/mol. The Kier molecular flexibility index (Phi) is 6.43. The minimum Gasteiger partial charge on any atom is -0.477 e. The van der Waals surface area contributed by atoms with Crippen LogP contribution in [0.2, 0.25) is 0 Å². The fraction of sp³-hybridized carbons (Fsp3) is 0.733. The Morgan fingerprint density at radius 1 is 1.30 bits per heavy atom. The van der Waals surface area contributed by atoms with Crippen molar-refractivity contribution in [3.05, 3.63) is 6.07 Å². The van der Waals surface area contributed by atoms with E-state index in [-0.39, 0.29) is 0 Å². The standard InChI is InChI=1S/C15H25N3OS/c1-3-9-16-13-10-14(18-15(17-13)20-2)19-11-12-7-5-4-6-8-12/h10,12H,3-9,11H2,1-2H3,(H,16,17,18). The van der Waals surface area contributed by atoms with Crippen LogP contribution in [0.25, 0.3) is 0 Å². The van der Waals surface area contributed by atoms with Crippen molar-refractivity contribution in [2.75, 3.05) is 24.7 Å². The van der Waals surface area contributed by atoms with E-state index in [2.05, 4.69) is 22.2 Å². The molecule has 1 aromatic rings. The minimum atomic E-state index is 0.698. The summed E-state index contributed by atoms with van der Waals surface area (Å²) < 4.78 is 5.90. The number of hydrogen-bond donors (Lipinski definition) is 1. The van der Waals surface area contributed by atoms with Gasteiger partial charge in [0.15, 0.2) is 5.16 Å². The van der Waals surface area contributed by atoms with Gasteiger partial charge in [-0.05, 0) is 31.4 Å². The van der Waals surface area contributed by atoms with Crippen molar-refractivity contribution in [1.82, 2.24) is 9.97 Å². The van der Waals surface area contributed by atoms with Crippen molar-refractivity contribution in [2.24, 2.45) is 5.92 Å². The van der Waals surface area contributed by atoms with Gasteiger partial charge in [-0.1, -0.05) is 37.9 Å². The van der Waals surface area contributed by atoms with Gasteiger partial charge >= 0.3 is 0 Å². The van der Waals surface area contributed by atoms with Crippen LogP contribution >= 0.6 is 11.8 Å². The van der Waals surface area contributed by atoms with Gasteiger partial charge in [-0.25, -0.2) is 4.98 Å². The van der Waals surface area contributed by atoms with E-state index < -0.39 is 0 Å². The van der Waals surface area contributed by atoms with Crippen molar-refractivity contribution in [2.45, 2.75) is 50.6 Å². The molecule has 112 valence electrons. The highest BCUT2D eigenvalue weighted by Crippen LogP contribution is 2.25. The first-order valence-corrected chi connectivity index (χ1v) is 8.84. The van der Waals surface area contributed by atoms with Crippen LogP contribution < -0.4 is 10.1 Å². The van der Waals surface area contributed by atoms with Gasteiger partial charge in [-0.3, -0.25) is 0 Å². The lowest BCUT2D eigenvalue weighted by molar-refractivity contribution is 0.201. The molecule has 20 heavy (non-hydrogen) atoms. The lowest BCUT2D eigenvalue weighted by Crippen LogP contribution is -2.16. The summed E-state index contributed by atoms with van der Waals surface area (Å²) in [6, 6.07) is 1.91. The van der Waals surface area contributed by atoms with Gasteiger partial charge in [0.05, 0.1) is 6.61 Å². The number of anilines is 1. The van der Waals surface area contributed by atoms with Crippen molar-refractivity contribution in [3.8, 4) is 5.88 Å². The normalized spacial score (nSPS) is 16.1. The molecule has 4 nitrogen and oxygen atoms in total. The zero-order valence-corrected chi connectivity index (χ0v) is 13.3. The summed E-state index contributed by atoms with van der Waals surface area (Å²) >= 11 is 1.55. The predicted octanol–water partition coefficient (Wildman–Crippen LogP) is 3.98. The average Bonchev–Trinajstić information content (AvgIpc) is 2.51. The molecule has 2 rings (SSSR count). The molecule has 1 fully saturated rings. The van der Waals surface area contributed by atoms with Gasteiger partial charge in [0, 0.05) is 12.6 Å². The molecule has 0 amide bonds. The molecule has 0 aliphatic heterocycles. The highest BCUT2D eigenvalue weighted by molar-refractivity contribution is 7.98. The second-order valence-electron chi connectivity index (χ2n) is 5.32. The molecule has 0 aromatic carbocycles. The third kappa shape index (κ3) is 4.85. The van der Waals surface area contributed by atoms with Crippen LogP contribution in [0, 0.1) is 5.92 Å². The first-order chi connectivity index (χ1) is 9.81. The molecule has 5 heteroatoms. The Hall–Kier alpha value is -0.970. The van der Waals surface area contributed by atoms with E-state index in [1.54, 1.807) is 11.8 Å². The number of aromatic nitrogens is 2. The maximum absolute atomic E-state index is 5.90. The third-order valence-corrected chi connectivity index (χ3v) is 4.16. The molecule has 1 N–H and O–H groups in total. The molecular formula is C15H25N3OS. The van der Waals surface area contributed by atoms with E-state index >= 15 is 0 Å². The number of rotatable bonds is 7. The summed E-state index contributed by atoms with van der Waals surface area (Å²) in [5, 5.41) is 4.07. The van der Waals surface area contributed by atoms with E-state index in [4.69, 9.17) is 4.74 Å². The van der Waals surface area contributed by atoms with Gasteiger partial charge in [0.2, 0.25) is 5.88 Å². The monoisotopic (exact) mass is 295 g/mol. The van der Waals surface area contributed by atoms with Crippen LogP contribution in [0.3, 0.4) is 0 Å². The zero-order chi connectivity index (χ0) is 14.2. The number of hydrogen-bond acceptors (Lipinski definition) is 5. The Bertz CT molecular complexity index is 408. The Morgan fingerprint density at radius 3 is 2.80 bits per heavy atom. The molecule has 1 heterocycles. The van der Waals surface area contributed by atoms with Crippen molar-refractivity contribution in [3.63, 3.8) is 0 Å². The quantitative estimate of drug-likeness (QED) is 0.609. The molecule has 0 spiro atoms. The van der Waals surface area contributed by atoms with Crippen LogP contribution in [0.4, 0.5) is 5.82 Å². The van der Waals surface area contributed by atoms with Crippen LogP contribution in [-0.4, -0.2) is 29.4 Å². The highest BCUT2D eigenvalue weighted by atomic mass is 32.2. The second-order valence-corrected chi connectivity index (χ2v) is 6.09. The van der Waals surface area contributed by atoms with E-state index in [0.29, 0.717) is 11.8 Å². The SMILES string of the molecule is CCCNc1cc(OCC2CCCCC2)nc(SC)n1. The third-order valence-electron chi connectivity index (χ3n) is 3.61. The highest BCUT2D eigenvalue weighted by Gasteiger charge is 2.14. The largest absolute Gasteiger partial charge is 0.477 e. The molecule has 0 radical (unpaired) electrons. The molecule has 1 aliphatic carbocycles. The maximum Gasteiger partial charge on any atom is 0.219 e. The van der Waals surface area contributed by atoms with Crippen molar-refractivity contribution >= 4 is 17.6 Å². The van der Waals surface area contributed by atoms with Crippen LogP contribution in [0.15, 0.2) is 11.2 Å². The molecule has 0 saturated heterocycles. The summed E-state index contributed by atoms with van der Waals surface area (Å²) in [5.74, 6) is 2.27.